The molecule has 178 valence electrons. The van der Waals surface area contributed by atoms with Crippen molar-refractivity contribution in [3.8, 4) is 0 Å². The maximum absolute atomic E-state index is 13.2. The quantitative estimate of drug-likeness (QED) is 0.541. The highest BCUT2D eigenvalue weighted by Gasteiger charge is 2.33. The third-order valence-electron chi connectivity index (χ3n) is 5.45. The molecule has 0 saturated carbocycles. The number of rotatable bonds is 9. The first-order valence-electron chi connectivity index (χ1n) is 10.8. The van der Waals surface area contributed by atoms with Crippen LogP contribution in [0.2, 0.25) is 0 Å². The Kier molecular flexibility index (Phi) is 8.54. The molecule has 33 heavy (non-hydrogen) atoms. The van der Waals surface area contributed by atoms with Crippen LogP contribution in [0.25, 0.3) is 0 Å². The van der Waals surface area contributed by atoms with E-state index < -0.39 is 21.8 Å². The SMILES string of the molecule is COCCCNC(=O)c1ccccc1NC(=O)[C@@H]1CCCN(S(=O)(=O)c2ccc(F)cc2)C1. The maximum atomic E-state index is 13.2. The van der Waals surface area contributed by atoms with E-state index in [1.54, 1.807) is 31.4 Å². The van der Waals surface area contributed by atoms with E-state index >= 15 is 0 Å². The second-order valence-corrected chi connectivity index (χ2v) is 9.73. The fourth-order valence-corrected chi connectivity index (χ4v) is 5.19. The normalized spacial score (nSPS) is 16.8. The van der Waals surface area contributed by atoms with E-state index in [0.29, 0.717) is 43.7 Å². The number of hydrogen-bond donors (Lipinski definition) is 2. The van der Waals surface area contributed by atoms with Crippen LogP contribution in [-0.2, 0) is 19.6 Å². The number of ether oxygens (including phenoxy) is 1. The number of nitrogens with zero attached hydrogens (tertiary/aromatic N) is 1. The van der Waals surface area contributed by atoms with Crippen LogP contribution in [0, 0.1) is 11.7 Å². The lowest BCUT2D eigenvalue weighted by molar-refractivity contribution is -0.120. The van der Waals surface area contributed by atoms with Crippen molar-refractivity contribution in [3.05, 3.63) is 59.9 Å². The first kappa shape index (κ1) is 24.8. The fourth-order valence-electron chi connectivity index (χ4n) is 3.67. The molecule has 0 aliphatic carbocycles. The van der Waals surface area contributed by atoms with Gasteiger partial charge >= 0.3 is 0 Å². The van der Waals surface area contributed by atoms with Gasteiger partial charge in [0, 0.05) is 33.4 Å². The zero-order chi connectivity index (χ0) is 23.8. The summed E-state index contributed by atoms with van der Waals surface area (Å²) in [7, 11) is -2.26. The average molecular weight is 478 g/mol. The van der Waals surface area contributed by atoms with E-state index in [9.17, 15) is 22.4 Å². The Hall–Kier alpha value is -2.82. The van der Waals surface area contributed by atoms with Crippen molar-refractivity contribution in [3.63, 3.8) is 0 Å². The van der Waals surface area contributed by atoms with E-state index in [1.165, 1.54) is 16.4 Å². The highest BCUT2D eigenvalue weighted by molar-refractivity contribution is 7.89. The van der Waals surface area contributed by atoms with E-state index in [2.05, 4.69) is 10.6 Å². The van der Waals surface area contributed by atoms with Crippen LogP contribution < -0.4 is 10.6 Å². The fraction of sp³-hybridized carbons (Fsp3) is 0.391. The van der Waals surface area contributed by atoms with Crippen LogP contribution in [0.4, 0.5) is 10.1 Å². The van der Waals surface area contributed by atoms with Crippen LogP contribution in [0.1, 0.15) is 29.6 Å². The number of para-hydroxylation sites is 1. The molecule has 1 heterocycles. The summed E-state index contributed by atoms with van der Waals surface area (Å²) in [5, 5.41) is 5.58. The Bertz CT molecular complexity index is 1080. The van der Waals surface area contributed by atoms with Crippen LogP contribution in [-0.4, -0.2) is 57.9 Å². The summed E-state index contributed by atoms with van der Waals surface area (Å²) in [4.78, 5) is 25.5. The highest BCUT2D eigenvalue weighted by atomic mass is 32.2. The number of sulfonamides is 1. The summed E-state index contributed by atoms with van der Waals surface area (Å²) >= 11 is 0. The second kappa shape index (κ2) is 11.4. The predicted octanol–water partition coefficient (Wildman–Crippen LogP) is 2.63. The lowest BCUT2D eigenvalue weighted by Crippen LogP contribution is -2.43. The molecule has 1 saturated heterocycles. The molecule has 1 aliphatic heterocycles. The van der Waals surface area contributed by atoms with Gasteiger partial charge in [-0.25, -0.2) is 12.8 Å². The molecule has 3 rings (SSSR count). The molecule has 10 heteroatoms. The third kappa shape index (κ3) is 6.37. The third-order valence-corrected chi connectivity index (χ3v) is 7.33. The number of methoxy groups -OCH3 is 1. The molecule has 0 bridgehead atoms. The monoisotopic (exact) mass is 477 g/mol. The second-order valence-electron chi connectivity index (χ2n) is 7.79. The maximum Gasteiger partial charge on any atom is 0.253 e. The lowest BCUT2D eigenvalue weighted by atomic mass is 9.98. The minimum Gasteiger partial charge on any atom is -0.385 e. The Morgan fingerprint density at radius 1 is 1.15 bits per heavy atom. The van der Waals surface area contributed by atoms with E-state index in [4.69, 9.17) is 4.74 Å². The highest BCUT2D eigenvalue weighted by Crippen LogP contribution is 2.25. The van der Waals surface area contributed by atoms with Gasteiger partial charge in [-0.3, -0.25) is 9.59 Å². The molecule has 1 fully saturated rings. The molecule has 2 amide bonds. The Morgan fingerprint density at radius 2 is 1.88 bits per heavy atom. The summed E-state index contributed by atoms with van der Waals surface area (Å²) < 4.78 is 45.3. The zero-order valence-electron chi connectivity index (χ0n) is 18.4. The van der Waals surface area contributed by atoms with Gasteiger partial charge in [0.15, 0.2) is 0 Å². The zero-order valence-corrected chi connectivity index (χ0v) is 19.2. The minimum absolute atomic E-state index is 0.0108. The first-order valence-corrected chi connectivity index (χ1v) is 12.2. The number of hydrogen-bond acceptors (Lipinski definition) is 5. The summed E-state index contributed by atoms with van der Waals surface area (Å²) in [6, 6.07) is 11.3. The largest absolute Gasteiger partial charge is 0.385 e. The molecular weight excluding hydrogens is 449 g/mol. The predicted molar refractivity (Wildman–Crippen MR) is 122 cm³/mol. The van der Waals surface area contributed by atoms with Crippen molar-refractivity contribution in [2.24, 2.45) is 5.92 Å². The molecule has 0 spiro atoms. The van der Waals surface area contributed by atoms with E-state index in [0.717, 1.165) is 12.1 Å². The van der Waals surface area contributed by atoms with Gasteiger partial charge in [0.05, 0.1) is 22.1 Å². The molecular formula is C23H28FN3O5S. The topological polar surface area (TPSA) is 105 Å². The molecule has 8 nitrogen and oxygen atoms in total. The number of piperidine rings is 1. The summed E-state index contributed by atoms with van der Waals surface area (Å²) in [5.41, 5.74) is 0.695. The van der Waals surface area contributed by atoms with Crippen molar-refractivity contribution in [2.45, 2.75) is 24.2 Å². The number of halogens is 1. The molecule has 1 atom stereocenters. The summed E-state index contributed by atoms with van der Waals surface area (Å²) in [5.74, 6) is -1.77. The van der Waals surface area contributed by atoms with Crippen molar-refractivity contribution < 1.29 is 27.1 Å². The molecule has 0 unspecified atom stereocenters. The first-order chi connectivity index (χ1) is 15.8. The van der Waals surface area contributed by atoms with Gasteiger partial charge in [-0.05, 0) is 55.7 Å². The van der Waals surface area contributed by atoms with Gasteiger partial charge in [0.25, 0.3) is 5.91 Å². The van der Waals surface area contributed by atoms with E-state index in [-0.39, 0.29) is 29.8 Å². The van der Waals surface area contributed by atoms with Crippen LogP contribution in [0.15, 0.2) is 53.4 Å². The van der Waals surface area contributed by atoms with Crippen LogP contribution >= 0.6 is 0 Å². The van der Waals surface area contributed by atoms with Gasteiger partial charge in [0.1, 0.15) is 5.82 Å². The van der Waals surface area contributed by atoms with Crippen molar-refractivity contribution in [1.82, 2.24) is 9.62 Å². The number of amides is 2. The van der Waals surface area contributed by atoms with Gasteiger partial charge in [-0.2, -0.15) is 4.31 Å². The van der Waals surface area contributed by atoms with Gasteiger partial charge < -0.3 is 15.4 Å². The van der Waals surface area contributed by atoms with Gasteiger partial charge in [-0.1, -0.05) is 12.1 Å². The number of nitrogens with one attached hydrogen (secondary N) is 2. The van der Waals surface area contributed by atoms with Crippen molar-refractivity contribution in [2.75, 3.05) is 38.7 Å². The number of benzene rings is 2. The summed E-state index contributed by atoms with van der Waals surface area (Å²) in [6.07, 6.45) is 1.70. The molecule has 2 aromatic rings. The average Bonchev–Trinajstić information content (AvgIpc) is 2.82. The Morgan fingerprint density at radius 3 is 2.61 bits per heavy atom. The number of anilines is 1. The van der Waals surface area contributed by atoms with Gasteiger partial charge in [0.2, 0.25) is 15.9 Å². The van der Waals surface area contributed by atoms with E-state index in [1.807, 2.05) is 0 Å². The smallest absolute Gasteiger partial charge is 0.253 e. The Labute approximate surface area is 193 Å². The molecule has 1 aliphatic rings. The Balaban J connectivity index is 1.67. The molecule has 2 aromatic carbocycles. The summed E-state index contributed by atoms with van der Waals surface area (Å²) in [6.45, 7) is 1.26. The molecule has 0 radical (unpaired) electrons. The minimum atomic E-state index is -3.84. The molecule has 0 aromatic heterocycles. The standard InChI is InChI=1S/C23H28FN3O5S/c1-32-15-5-13-25-23(29)20-7-2-3-8-21(20)26-22(28)17-6-4-14-27(16-17)33(30,31)19-11-9-18(24)10-12-19/h2-3,7-12,17H,4-6,13-16H2,1H3,(H,25,29)(H,26,28)/t17-/m1/s1. The van der Waals surface area contributed by atoms with Crippen molar-refractivity contribution in [1.29, 1.82) is 0 Å². The number of carbonyl (C=O) groups is 2. The number of carbonyl (C=O) groups excluding carboxylic acids is 2. The van der Waals surface area contributed by atoms with Crippen LogP contribution in [0.5, 0.6) is 0 Å². The van der Waals surface area contributed by atoms with Gasteiger partial charge in [-0.15, -0.1) is 0 Å². The molecule has 2 N–H and O–H groups in total. The lowest BCUT2D eigenvalue weighted by Gasteiger charge is -2.31. The van der Waals surface area contributed by atoms with Crippen LogP contribution in [0.3, 0.4) is 0 Å². The van der Waals surface area contributed by atoms with Crippen molar-refractivity contribution >= 4 is 27.5 Å².